The van der Waals surface area contributed by atoms with E-state index >= 15 is 0 Å². The van der Waals surface area contributed by atoms with Crippen LogP contribution in [0.15, 0.2) is 24.4 Å². The van der Waals surface area contributed by atoms with E-state index in [9.17, 15) is 4.79 Å². The van der Waals surface area contributed by atoms with Crippen molar-refractivity contribution in [2.45, 2.75) is 6.92 Å². The van der Waals surface area contributed by atoms with Gasteiger partial charge in [0, 0.05) is 12.3 Å². The monoisotopic (exact) mass is 235 g/mol. The van der Waals surface area contributed by atoms with E-state index in [0.29, 0.717) is 5.02 Å². The topological polar surface area (TPSA) is 60.4 Å². The molecule has 0 radical (unpaired) electrons. The third kappa shape index (κ3) is 1.92. The number of nitrogens with two attached hydrogens (primary N) is 1. The van der Waals surface area contributed by atoms with Crippen LogP contribution in [0.1, 0.15) is 11.4 Å². The summed E-state index contributed by atoms with van der Waals surface area (Å²) < 4.78 is 1.82. The van der Waals surface area contributed by atoms with Gasteiger partial charge in [0.15, 0.2) is 0 Å². The lowest BCUT2D eigenvalue weighted by Gasteiger charge is -1.97. The Hall–Kier alpha value is -1.81. The van der Waals surface area contributed by atoms with E-state index in [-0.39, 0.29) is 0 Å². The first-order chi connectivity index (χ1) is 7.58. The van der Waals surface area contributed by atoms with Crippen molar-refractivity contribution in [3.63, 3.8) is 0 Å². The number of pyridine rings is 1. The SMILES string of the molecule is Cc1nc2ccc(Cl)cn2c1/C=C/C(N)=O. The summed E-state index contributed by atoms with van der Waals surface area (Å²) in [6.45, 7) is 1.86. The van der Waals surface area contributed by atoms with Gasteiger partial charge in [-0.3, -0.25) is 9.20 Å². The third-order valence-corrected chi connectivity index (χ3v) is 2.43. The largest absolute Gasteiger partial charge is 0.366 e. The number of aryl methyl sites for hydroxylation is 1. The number of aromatic nitrogens is 2. The van der Waals surface area contributed by atoms with E-state index < -0.39 is 5.91 Å². The number of hydrogen-bond acceptors (Lipinski definition) is 2. The Morgan fingerprint density at radius 3 is 3.00 bits per heavy atom. The van der Waals surface area contributed by atoms with Crippen LogP contribution in [0, 0.1) is 6.92 Å². The quantitative estimate of drug-likeness (QED) is 0.807. The summed E-state index contributed by atoms with van der Waals surface area (Å²) >= 11 is 5.90. The van der Waals surface area contributed by atoms with E-state index in [2.05, 4.69) is 4.98 Å². The van der Waals surface area contributed by atoms with Gasteiger partial charge in [0.1, 0.15) is 5.65 Å². The number of nitrogens with zero attached hydrogens (tertiary/aromatic N) is 2. The van der Waals surface area contributed by atoms with E-state index in [1.54, 1.807) is 18.3 Å². The van der Waals surface area contributed by atoms with E-state index in [1.807, 2.05) is 17.4 Å². The Labute approximate surface area is 97.3 Å². The molecule has 2 heterocycles. The van der Waals surface area contributed by atoms with Crippen LogP contribution in [-0.2, 0) is 4.79 Å². The molecule has 0 fully saturated rings. The molecule has 2 N–H and O–H groups in total. The standard InChI is InChI=1S/C11H10ClN3O/c1-7-9(3-4-10(13)16)15-6-8(12)2-5-11(15)14-7/h2-6H,1H3,(H2,13,16)/b4-3+. The first-order valence-corrected chi connectivity index (χ1v) is 5.07. The molecule has 82 valence electrons. The molecule has 0 unspecified atom stereocenters. The summed E-state index contributed by atoms with van der Waals surface area (Å²) in [7, 11) is 0. The van der Waals surface area contributed by atoms with Gasteiger partial charge in [0.2, 0.25) is 5.91 Å². The second-order valence-electron chi connectivity index (χ2n) is 3.39. The molecule has 2 aromatic rings. The van der Waals surface area contributed by atoms with Gasteiger partial charge >= 0.3 is 0 Å². The smallest absolute Gasteiger partial charge is 0.241 e. The number of carbonyl (C=O) groups is 1. The number of imidazole rings is 1. The Morgan fingerprint density at radius 2 is 2.31 bits per heavy atom. The predicted molar refractivity (Wildman–Crippen MR) is 63.2 cm³/mol. The highest BCUT2D eigenvalue weighted by atomic mass is 35.5. The van der Waals surface area contributed by atoms with Crippen LogP contribution >= 0.6 is 11.6 Å². The Morgan fingerprint density at radius 1 is 1.56 bits per heavy atom. The van der Waals surface area contributed by atoms with Crippen molar-refractivity contribution in [3.8, 4) is 0 Å². The van der Waals surface area contributed by atoms with Crippen LogP contribution in [0.25, 0.3) is 11.7 Å². The van der Waals surface area contributed by atoms with Crippen LogP contribution < -0.4 is 5.73 Å². The maximum atomic E-state index is 10.7. The lowest BCUT2D eigenvalue weighted by molar-refractivity contribution is -0.113. The number of amides is 1. The van der Waals surface area contributed by atoms with E-state index in [1.165, 1.54) is 6.08 Å². The molecule has 2 aromatic heterocycles. The lowest BCUT2D eigenvalue weighted by atomic mass is 10.3. The number of carbonyl (C=O) groups excluding carboxylic acids is 1. The zero-order chi connectivity index (χ0) is 11.7. The van der Waals surface area contributed by atoms with Crippen molar-refractivity contribution in [1.82, 2.24) is 9.38 Å². The molecule has 0 aliphatic rings. The maximum Gasteiger partial charge on any atom is 0.241 e. The van der Waals surface area contributed by atoms with Gasteiger partial charge in [-0.2, -0.15) is 0 Å². The fourth-order valence-corrected chi connectivity index (χ4v) is 1.68. The van der Waals surface area contributed by atoms with Gasteiger partial charge in [0.05, 0.1) is 16.4 Å². The second-order valence-corrected chi connectivity index (χ2v) is 3.83. The molecule has 0 atom stereocenters. The molecule has 5 heteroatoms. The van der Waals surface area contributed by atoms with Crippen molar-refractivity contribution < 1.29 is 4.79 Å². The summed E-state index contributed by atoms with van der Waals surface area (Å²) in [6.07, 6.45) is 4.68. The second kappa shape index (κ2) is 3.98. The average Bonchev–Trinajstić information content (AvgIpc) is 2.51. The van der Waals surface area contributed by atoms with Gasteiger partial charge in [-0.05, 0) is 25.1 Å². The maximum absolute atomic E-state index is 10.7. The molecule has 0 aliphatic carbocycles. The normalized spacial score (nSPS) is 11.4. The fourth-order valence-electron chi connectivity index (χ4n) is 1.52. The highest BCUT2D eigenvalue weighted by molar-refractivity contribution is 6.30. The van der Waals surface area contributed by atoms with Crippen molar-refractivity contribution >= 4 is 29.2 Å². The molecule has 0 saturated carbocycles. The van der Waals surface area contributed by atoms with Crippen molar-refractivity contribution in [1.29, 1.82) is 0 Å². The minimum atomic E-state index is -0.489. The molecule has 16 heavy (non-hydrogen) atoms. The summed E-state index contributed by atoms with van der Waals surface area (Å²) in [6, 6.07) is 3.59. The van der Waals surface area contributed by atoms with E-state index in [0.717, 1.165) is 17.0 Å². The molecule has 0 aromatic carbocycles. The Bertz CT molecular complexity index is 586. The fraction of sp³-hybridized carbons (Fsp3) is 0.0909. The molecule has 2 rings (SSSR count). The highest BCUT2D eigenvalue weighted by Gasteiger charge is 2.05. The average molecular weight is 236 g/mol. The molecular formula is C11H10ClN3O. The summed E-state index contributed by atoms with van der Waals surface area (Å²) in [5.74, 6) is -0.489. The van der Waals surface area contributed by atoms with Gasteiger partial charge in [0.25, 0.3) is 0 Å². The molecule has 4 nitrogen and oxygen atoms in total. The molecule has 0 bridgehead atoms. The molecule has 1 amide bonds. The summed E-state index contributed by atoms with van der Waals surface area (Å²) in [5, 5.41) is 0.610. The zero-order valence-corrected chi connectivity index (χ0v) is 9.40. The van der Waals surface area contributed by atoms with Gasteiger partial charge in [-0.25, -0.2) is 4.98 Å². The highest BCUT2D eigenvalue weighted by Crippen LogP contribution is 2.17. The number of primary amides is 1. The molecular weight excluding hydrogens is 226 g/mol. The van der Waals surface area contributed by atoms with Crippen LogP contribution in [-0.4, -0.2) is 15.3 Å². The lowest BCUT2D eigenvalue weighted by Crippen LogP contribution is -2.05. The van der Waals surface area contributed by atoms with E-state index in [4.69, 9.17) is 17.3 Å². The molecule has 0 spiro atoms. The third-order valence-electron chi connectivity index (χ3n) is 2.21. The molecule has 0 saturated heterocycles. The number of fused-ring (bicyclic) bond motifs is 1. The molecule has 0 aliphatic heterocycles. The number of halogens is 1. The minimum absolute atomic E-state index is 0.489. The number of hydrogen-bond donors (Lipinski definition) is 1. The van der Waals surface area contributed by atoms with Crippen molar-refractivity contribution in [3.05, 3.63) is 40.8 Å². The summed E-state index contributed by atoms with van der Waals surface area (Å²) in [5.41, 5.74) is 7.46. The van der Waals surface area contributed by atoms with Crippen LogP contribution in [0.2, 0.25) is 5.02 Å². The Kier molecular flexibility index (Phi) is 2.66. The number of rotatable bonds is 2. The van der Waals surface area contributed by atoms with Gasteiger partial charge in [-0.1, -0.05) is 11.6 Å². The van der Waals surface area contributed by atoms with Crippen LogP contribution in [0.5, 0.6) is 0 Å². The zero-order valence-electron chi connectivity index (χ0n) is 8.64. The van der Waals surface area contributed by atoms with Crippen molar-refractivity contribution in [2.24, 2.45) is 5.73 Å². The van der Waals surface area contributed by atoms with Gasteiger partial charge < -0.3 is 5.73 Å². The van der Waals surface area contributed by atoms with Crippen LogP contribution in [0.3, 0.4) is 0 Å². The first kappa shape index (κ1) is 10.7. The Balaban J connectivity index is 2.62. The first-order valence-electron chi connectivity index (χ1n) is 4.69. The van der Waals surface area contributed by atoms with Gasteiger partial charge in [-0.15, -0.1) is 0 Å². The van der Waals surface area contributed by atoms with Crippen molar-refractivity contribution in [2.75, 3.05) is 0 Å². The van der Waals surface area contributed by atoms with Crippen LogP contribution in [0.4, 0.5) is 0 Å². The summed E-state index contributed by atoms with van der Waals surface area (Å²) in [4.78, 5) is 15.0. The minimum Gasteiger partial charge on any atom is -0.366 e. The predicted octanol–water partition coefficient (Wildman–Crippen LogP) is 1.79.